The molecule has 25 heavy (non-hydrogen) atoms. The number of rotatable bonds is 7. The Hall–Kier alpha value is -3.10. The number of aromatic nitrogens is 4. The van der Waals surface area contributed by atoms with Gasteiger partial charge in [0, 0.05) is 24.5 Å². The summed E-state index contributed by atoms with van der Waals surface area (Å²) in [6, 6.07) is 6.94. The molecule has 0 bridgehead atoms. The number of anilines is 2. The van der Waals surface area contributed by atoms with Gasteiger partial charge in [-0.3, -0.25) is 9.89 Å². The molecule has 3 aromatic rings. The van der Waals surface area contributed by atoms with Crippen molar-refractivity contribution in [3.8, 4) is 0 Å². The van der Waals surface area contributed by atoms with E-state index in [0.717, 1.165) is 0 Å². The number of hydrogen-bond acceptors (Lipinski definition) is 5. The van der Waals surface area contributed by atoms with Crippen LogP contribution in [0.1, 0.15) is 25.1 Å². The Morgan fingerprint density at radius 2 is 2.08 bits per heavy atom. The van der Waals surface area contributed by atoms with Crippen molar-refractivity contribution in [3.63, 3.8) is 0 Å². The molecule has 7 nitrogen and oxygen atoms in total. The van der Waals surface area contributed by atoms with Crippen LogP contribution >= 0.6 is 0 Å². The van der Waals surface area contributed by atoms with Crippen LogP contribution in [-0.4, -0.2) is 32.6 Å². The van der Waals surface area contributed by atoms with Gasteiger partial charge in [0.25, 0.3) is 6.43 Å². The summed E-state index contributed by atoms with van der Waals surface area (Å²) in [7, 11) is 0. The number of para-hydroxylation sites is 1. The number of alkyl halides is 2. The monoisotopic (exact) mass is 346 g/mol. The largest absolute Gasteiger partial charge is 0.369 e. The van der Waals surface area contributed by atoms with Crippen LogP contribution in [0.15, 0.2) is 36.7 Å². The number of carbonyl (C=O) groups excluding carboxylic acids is 1. The lowest BCUT2D eigenvalue weighted by molar-refractivity contribution is -0.116. The summed E-state index contributed by atoms with van der Waals surface area (Å²) < 4.78 is 25.9. The number of nitrogens with zero attached hydrogens (tertiary/aromatic N) is 3. The van der Waals surface area contributed by atoms with Crippen molar-refractivity contribution >= 4 is 28.3 Å². The van der Waals surface area contributed by atoms with E-state index in [4.69, 9.17) is 0 Å². The highest BCUT2D eigenvalue weighted by Gasteiger charge is 2.14. The lowest BCUT2D eigenvalue weighted by atomic mass is 10.2. The predicted molar refractivity (Wildman–Crippen MR) is 89.4 cm³/mol. The van der Waals surface area contributed by atoms with E-state index < -0.39 is 12.2 Å². The summed E-state index contributed by atoms with van der Waals surface area (Å²) in [5.74, 6) is -0.320. The molecule has 2 heterocycles. The highest BCUT2D eigenvalue weighted by Crippen LogP contribution is 2.24. The third kappa shape index (κ3) is 4.25. The highest BCUT2D eigenvalue weighted by atomic mass is 19.3. The Morgan fingerprint density at radius 3 is 2.84 bits per heavy atom. The lowest BCUT2D eigenvalue weighted by Gasteiger charge is -2.10. The van der Waals surface area contributed by atoms with Crippen molar-refractivity contribution in [3.05, 3.63) is 42.5 Å². The van der Waals surface area contributed by atoms with Crippen molar-refractivity contribution in [2.75, 3.05) is 17.2 Å². The van der Waals surface area contributed by atoms with E-state index in [0.29, 0.717) is 35.4 Å². The fourth-order valence-electron chi connectivity index (χ4n) is 2.33. The number of benzene rings is 1. The molecular formula is C16H16F2N6O. The second-order valence-corrected chi connectivity index (χ2v) is 5.31. The van der Waals surface area contributed by atoms with Gasteiger partial charge in [0.2, 0.25) is 5.91 Å². The maximum atomic E-state index is 12.9. The molecule has 0 unspecified atom stereocenters. The minimum Gasteiger partial charge on any atom is -0.369 e. The zero-order chi connectivity index (χ0) is 17.6. The Morgan fingerprint density at radius 1 is 1.24 bits per heavy atom. The van der Waals surface area contributed by atoms with E-state index in [2.05, 4.69) is 30.8 Å². The molecule has 0 atom stereocenters. The summed E-state index contributed by atoms with van der Waals surface area (Å²) in [6.45, 7) is 0.419. The topological polar surface area (TPSA) is 95.6 Å². The second kappa shape index (κ2) is 7.65. The first-order chi connectivity index (χ1) is 12.1. The van der Waals surface area contributed by atoms with Gasteiger partial charge in [0.15, 0.2) is 5.82 Å². The fourth-order valence-corrected chi connectivity index (χ4v) is 2.33. The van der Waals surface area contributed by atoms with E-state index >= 15 is 0 Å². The summed E-state index contributed by atoms with van der Waals surface area (Å²) in [4.78, 5) is 19.5. The van der Waals surface area contributed by atoms with Crippen LogP contribution in [0, 0.1) is 0 Å². The van der Waals surface area contributed by atoms with Crippen molar-refractivity contribution < 1.29 is 13.6 Å². The average Bonchev–Trinajstić information content (AvgIpc) is 3.11. The number of hydrogen-bond donors (Lipinski definition) is 3. The number of fused-ring (bicyclic) bond motifs is 1. The third-order valence-corrected chi connectivity index (χ3v) is 3.47. The van der Waals surface area contributed by atoms with Crippen LogP contribution in [0.4, 0.5) is 20.3 Å². The average molecular weight is 346 g/mol. The van der Waals surface area contributed by atoms with Crippen molar-refractivity contribution in [2.24, 2.45) is 0 Å². The first-order valence-corrected chi connectivity index (χ1v) is 7.71. The van der Waals surface area contributed by atoms with Crippen LogP contribution in [0.2, 0.25) is 0 Å². The molecule has 130 valence electrons. The van der Waals surface area contributed by atoms with Crippen molar-refractivity contribution in [1.82, 2.24) is 20.2 Å². The molecule has 1 aromatic carbocycles. The zero-order valence-corrected chi connectivity index (χ0v) is 13.2. The second-order valence-electron chi connectivity index (χ2n) is 5.31. The molecule has 0 radical (unpaired) electrons. The summed E-state index contributed by atoms with van der Waals surface area (Å²) in [5.41, 5.74) is 1.05. The fraction of sp³-hybridized carbons (Fsp3) is 0.250. The molecule has 2 aromatic heterocycles. The standard InChI is InChI=1S/C16H16F2N6O/c17-14(18)16-23-12-5-2-1-4-11(12)15(24-16)19-7-3-6-13(25)22-10-8-20-21-9-10/h1-2,4-5,8-9,14H,3,6-7H2,(H,20,21)(H,22,25)(H,19,23,24). The Balaban J connectivity index is 1.60. The normalized spacial score (nSPS) is 11.0. The highest BCUT2D eigenvalue weighted by molar-refractivity contribution is 5.90. The third-order valence-electron chi connectivity index (χ3n) is 3.47. The Labute approximate surface area is 141 Å². The number of carbonyl (C=O) groups is 1. The van der Waals surface area contributed by atoms with Gasteiger partial charge in [0.05, 0.1) is 17.4 Å². The molecule has 0 aliphatic rings. The molecule has 0 aliphatic carbocycles. The van der Waals surface area contributed by atoms with Gasteiger partial charge in [-0.2, -0.15) is 5.10 Å². The number of aromatic amines is 1. The Bertz CT molecular complexity index is 853. The molecule has 0 spiro atoms. The smallest absolute Gasteiger partial charge is 0.297 e. The van der Waals surface area contributed by atoms with E-state index in [1.165, 1.54) is 6.20 Å². The molecule has 0 saturated heterocycles. The van der Waals surface area contributed by atoms with Gasteiger partial charge >= 0.3 is 0 Å². The minimum atomic E-state index is -2.74. The van der Waals surface area contributed by atoms with Crippen LogP contribution in [0.5, 0.6) is 0 Å². The van der Waals surface area contributed by atoms with E-state index in [1.54, 1.807) is 30.5 Å². The molecule has 0 fully saturated rings. The van der Waals surface area contributed by atoms with Gasteiger partial charge in [-0.25, -0.2) is 18.7 Å². The van der Waals surface area contributed by atoms with Gasteiger partial charge in [-0.1, -0.05) is 12.1 Å². The first kappa shape index (κ1) is 16.7. The zero-order valence-electron chi connectivity index (χ0n) is 13.2. The SMILES string of the molecule is O=C(CCCNc1nc(C(F)F)nc2ccccc12)Nc1cn[nH]c1. The summed E-state index contributed by atoms with van der Waals surface area (Å²) in [6.07, 6.45) is 1.14. The van der Waals surface area contributed by atoms with Crippen LogP contribution < -0.4 is 10.6 Å². The van der Waals surface area contributed by atoms with Gasteiger partial charge < -0.3 is 10.6 Å². The van der Waals surface area contributed by atoms with Crippen LogP contribution in [0.25, 0.3) is 10.9 Å². The number of amides is 1. The summed E-state index contributed by atoms with van der Waals surface area (Å²) >= 11 is 0. The van der Waals surface area contributed by atoms with E-state index in [-0.39, 0.29) is 12.3 Å². The molecule has 3 N–H and O–H groups in total. The minimum absolute atomic E-state index is 0.149. The van der Waals surface area contributed by atoms with Gasteiger partial charge in [-0.05, 0) is 18.6 Å². The number of H-pyrrole nitrogens is 1. The van der Waals surface area contributed by atoms with E-state index in [9.17, 15) is 13.6 Å². The molecule has 3 rings (SSSR count). The molecule has 0 saturated carbocycles. The van der Waals surface area contributed by atoms with Crippen molar-refractivity contribution in [2.45, 2.75) is 19.3 Å². The quantitative estimate of drug-likeness (QED) is 0.571. The van der Waals surface area contributed by atoms with Gasteiger partial charge in [-0.15, -0.1) is 0 Å². The molecule has 9 heteroatoms. The molecule has 0 aliphatic heterocycles. The van der Waals surface area contributed by atoms with Gasteiger partial charge in [0.1, 0.15) is 5.82 Å². The first-order valence-electron chi connectivity index (χ1n) is 7.71. The molecular weight excluding hydrogens is 330 g/mol. The predicted octanol–water partition coefficient (Wildman–Crippen LogP) is 3.12. The maximum absolute atomic E-state index is 12.9. The number of halogens is 2. The Kier molecular flexibility index (Phi) is 5.12. The van der Waals surface area contributed by atoms with Crippen molar-refractivity contribution in [1.29, 1.82) is 0 Å². The van der Waals surface area contributed by atoms with E-state index in [1.807, 2.05) is 0 Å². The maximum Gasteiger partial charge on any atom is 0.297 e. The van der Waals surface area contributed by atoms with Crippen LogP contribution in [-0.2, 0) is 4.79 Å². The molecule has 1 amide bonds. The van der Waals surface area contributed by atoms with Crippen LogP contribution in [0.3, 0.4) is 0 Å². The lowest BCUT2D eigenvalue weighted by Crippen LogP contribution is -2.13. The number of nitrogens with one attached hydrogen (secondary N) is 3. The summed E-state index contributed by atoms with van der Waals surface area (Å²) in [5, 5.41) is 12.7.